The van der Waals surface area contributed by atoms with Crippen molar-refractivity contribution in [2.75, 3.05) is 118 Å². The molecule has 6 aromatic rings. The summed E-state index contributed by atoms with van der Waals surface area (Å²) in [5.74, 6) is -0.0568. The fourth-order valence-electron chi connectivity index (χ4n) is 9.98. The molecule has 20 heteroatoms. The summed E-state index contributed by atoms with van der Waals surface area (Å²) in [6.07, 6.45) is 0. The van der Waals surface area contributed by atoms with E-state index in [2.05, 4.69) is 31.9 Å². The lowest BCUT2D eigenvalue weighted by atomic mass is 10.1. The minimum Gasteiger partial charge on any atom is -0.489 e. The molecule has 6 aromatic carbocycles. The molecule has 7 rings (SSSR count). The molecular weight excluding hydrogens is 1120 g/mol. The molecule has 0 unspecified atom stereocenters. The van der Waals surface area contributed by atoms with Gasteiger partial charge in [0.2, 0.25) is 17.7 Å². The maximum absolute atomic E-state index is 13.7. The van der Waals surface area contributed by atoms with E-state index in [4.69, 9.17) is 14.2 Å². The highest BCUT2D eigenvalue weighted by Gasteiger charge is 2.23. The van der Waals surface area contributed by atoms with Crippen LogP contribution in [0, 0.1) is 20.8 Å². The average Bonchev–Trinajstić information content (AvgIpc) is 2.75. The summed E-state index contributed by atoms with van der Waals surface area (Å²) in [7, 11) is 0. The number of ketones is 1. The second-order valence-corrected chi connectivity index (χ2v) is 21.8. The third-order valence-corrected chi connectivity index (χ3v) is 14.9. The number of Topliss-reactive ketones (excluding diaryl/α,β-unsaturated/α-hetero) is 1. The molecule has 0 atom stereocenters. The second kappa shape index (κ2) is 35.6. The first-order valence-electron chi connectivity index (χ1n) is 30.0. The number of hydrogen-bond donors (Lipinski definition) is 6. The molecule has 1 fully saturated rings. The Kier molecular flexibility index (Phi) is 26.9. The van der Waals surface area contributed by atoms with Crippen molar-refractivity contribution in [3.63, 3.8) is 0 Å². The molecule has 20 nitrogen and oxygen atoms in total. The van der Waals surface area contributed by atoms with Crippen LogP contribution in [0.25, 0.3) is 0 Å². The molecule has 0 aliphatic carbocycles. The lowest BCUT2D eigenvalue weighted by Crippen LogP contribution is -2.51. The van der Waals surface area contributed by atoms with E-state index in [1.54, 1.807) is 36.4 Å². The number of benzene rings is 6. The van der Waals surface area contributed by atoms with E-state index in [0.29, 0.717) is 117 Å². The van der Waals surface area contributed by atoms with Crippen LogP contribution in [0.3, 0.4) is 0 Å². The molecule has 6 N–H and O–H groups in total. The van der Waals surface area contributed by atoms with E-state index in [0.717, 1.165) is 22.3 Å². The standard InChI is InChI=1S/C68H84N10O10/c1-50-17-14-26-59(65(50)88-49-56-22-12-7-13-23-56)68(85)74-34-31-71-63(81)45-77-38-36-75(43-51(2)79)35-37-76(44-62(80)69-29-32-72-66(83)57-24-15-27-60(52(57)3)86-47-54-18-8-5-9-19-54)39-41-78(42-40-77)46-64(82)70-30-33-73-67(84)58-25-16-28-61(53(58)4)87-48-55-20-10-6-11-21-55/h5-28H,29-49H2,1-4H3,(H,69,80)(H,70,82)(H,71,81)(H,72,83)(H,73,84)(H,74,85). The van der Waals surface area contributed by atoms with Crippen molar-refractivity contribution in [3.8, 4) is 17.2 Å². The Morgan fingerprint density at radius 1 is 0.352 bits per heavy atom. The van der Waals surface area contributed by atoms with Gasteiger partial charge in [0.05, 0.1) is 31.7 Å². The van der Waals surface area contributed by atoms with Gasteiger partial charge < -0.3 is 46.1 Å². The number of amides is 6. The first-order chi connectivity index (χ1) is 42.7. The van der Waals surface area contributed by atoms with Crippen LogP contribution in [-0.2, 0) is 39.0 Å². The largest absolute Gasteiger partial charge is 0.489 e. The van der Waals surface area contributed by atoms with Crippen LogP contribution >= 0.6 is 0 Å². The molecular formula is C68H84N10O10. The summed E-state index contributed by atoms with van der Waals surface area (Å²) in [6, 6.07) is 45.3. The Morgan fingerprint density at radius 2 is 0.659 bits per heavy atom. The molecule has 88 heavy (non-hydrogen) atoms. The van der Waals surface area contributed by atoms with Crippen molar-refractivity contribution in [2.45, 2.75) is 47.5 Å². The Labute approximate surface area is 516 Å². The summed E-state index contributed by atoms with van der Waals surface area (Å²) in [4.78, 5) is 102. The van der Waals surface area contributed by atoms with Crippen LogP contribution in [0.1, 0.15) is 71.4 Å². The number of carbonyl (C=O) groups is 7. The summed E-state index contributed by atoms with van der Waals surface area (Å²) in [5.41, 5.74) is 6.53. The molecule has 6 amide bonds. The Balaban J connectivity index is 0.936. The maximum atomic E-state index is 13.7. The van der Waals surface area contributed by atoms with E-state index in [9.17, 15) is 33.6 Å². The predicted octanol–water partition coefficient (Wildman–Crippen LogP) is 5.10. The number of nitrogens with zero attached hydrogens (tertiary/aromatic N) is 4. The number of aryl methyl sites for hydroxylation is 1. The number of ether oxygens (including phenoxy) is 3. The van der Waals surface area contributed by atoms with Gasteiger partial charge in [-0.2, -0.15) is 0 Å². The Morgan fingerprint density at radius 3 is 1.02 bits per heavy atom. The molecule has 1 saturated heterocycles. The van der Waals surface area contributed by atoms with Crippen molar-refractivity contribution < 1.29 is 47.8 Å². The summed E-state index contributed by atoms with van der Waals surface area (Å²) in [6.45, 7) is 12.5. The van der Waals surface area contributed by atoms with Crippen molar-refractivity contribution in [3.05, 3.63) is 196 Å². The van der Waals surface area contributed by atoms with Crippen LogP contribution in [0.15, 0.2) is 146 Å². The van der Waals surface area contributed by atoms with Crippen LogP contribution < -0.4 is 46.1 Å². The first kappa shape index (κ1) is 66.6. The van der Waals surface area contributed by atoms with Crippen molar-refractivity contribution in [2.24, 2.45) is 0 Å². The predicted molar refractivity (Wildman–Crippen MR) is 338 cm³/mol. The number of rotatable bonds is 29. The molecule has 0 spiro atoms. The molecule has 1 aliphatic heterocycles. The molecule has 0 aromatic heterocycles. The highest BCUT2D eigenvalue weighted by atomic mass is 16.5. The minimum absolute atomic E-state index is 0.00867. The SMILES string of the molecule is CC(=O)CN1CCN(CC(=O)NCCNC(=O)c2cccc(OCc3ccccc3)c2C)CCN(CC(=O)NCCNC(=O)c2cccc(OCc3ccccc3)c2C)CCN(CC(=O)NCCNC(=O)c2cccc(C)c2OCc2ccccc2)CC1. The van der Waals surface area contributed by atoms with Gasteiger partial charge >= 0.3 is 0 Å². The monoisotopic (exact) mass is 1200 g/mol. The van der Waals surface area contributed by atoms with Gasteiger partial charge in [-0.1, -0.05) is 115 Å². The fraction of sp³-hybridized carbons (Fsp3) is 0.368. The van der Waals surface area contributed by atoms with Gasteiger partial charge in [0.1, 0.15) is 42.9 Å². The number of nitrogens with one attached hydrogen (secondary N) is 6. The lowest BCUT2D eigenvalue weighted by molar-refractivity contribution is -0.124. The van der Waals surface area contributed by atoms with Crippen molar-refractivity contribution >= 4 is 41.2 Å². The molecule has 1 aliphatic rings. The molecule has 466 valence electrons. The Bertz CT molecular complexity index is 3240. The minimum atomic E-state index is -0.329. The van der Waals surface area contributed by atoms with Crippen LogP contribution in [0.2, 0.25) is 0 Å². The zero-order valence-electron chi connectivity index (χ0n) is 51.1. The van der Waals surface area contributed by atoms with E-state index in [1.807, 2.05) is 150 Å². The van der Waals surface area contributed by atoms with Crippen molar-refractivity contribution in [1.29, 1.82) is 0 Å². The van der Waals surface area contributed by atoms with E-state index >= 15 is 0 Å². The molecule has 0 radical (unpaired) electrons. The van der Waals surface area contributed by atoms with Gasteiger partial charge in [-0.3, -0.25) is 53.2 Å². The van der Waals surface area contributed by atoms with Gasteiger partial charge in [-0.15, -0.1) is 0 Å². The zero-order valence-corrected chi connectivity index (χ0v) is 51.1. The van der Waals surface area contributed by atoms with E-state index in [-0.39, 0.29) is 107 Å². The highest BCUT2D eigenvalue weighted by Crippen LogP contribution is 2.26. The third-order valence-electron chi connectivity index (χ3n) is 14.9. The van der Waals surface area contributed by atoms with Crippen molar-refractivity contribution in [1.82, 2.24) is 51.5 Å². The van der Waals surface area contributed by atoms with Crippen LogP contribution in [0.4, 0.5) is 0 Å². The lowest BCUT2D eigenvalue weighted by Gasteiger charge is -2.33. The fourth-order valence-corrected chi connectivity index (χ4v) is 9.98. The summed E-state index contributed by atoms with van der Waals surface area (Å²) < 4.78 is 18.2. The van der Waals surface area contributed by atoms with E-state index in [1.165, 1.54) is 6.92 Å². The number of para-hydroxylation sites is 1. The van der Waals surface area contributed by atoms with Gasteiger partial charge in [-0.25, -0.2) is 0 Å². The Hall–Kier alpha value is -8.95. The van der Waals surface area contributed by atoms with Crippen LogP contribution in [0.5, 0.6) is 17.2 Å². The quantitative estimate of drug-likeness (QED) is 0.0336. The number of hydrogen-bond acceptors (Lipinski definition) is 14. The van der Waals surface area contributed by atoms with Gasteiger partial charge in [-0.05, 0) is 80.3 Å². The van der Waals surface area contributed by atoms with E-state index < -0.39 is 0 Å². The van der Waals surface area contributed by atoms with Gasteiger partial charge in [0.25, 0.3) is 17.7 Å². The summed E-state index contributed by atoms with van der Waals surface area (Å²) in [5, 5.41) is 17.5. The molecule has 0 saturated carbocycles. The zero-order chi connectivity index (χ0) is 62.5. The third kappa shape index (κ3) is 22.4. The number of carbonyl (C=O) groups excluding carboxylic acids is 7. The first-order valence-corrected chi connectivity index (χ1v) is 30.0. The van der Waals surface area contributed by atoms with Gasteiger partial charge in [0, 0.05) is 114 Å². The average molecular weight is 1200 g/mol. The molecule has 1 heterocycles. The molecule has 0 bridgehead atoms. The normalized spacial score (nSPS) is 13.6. The van der Waals surface area contributed by atoms with Gasteiger partial charge in [0.15, 0.2) is 0 Å². The highest BCUT2D eigenvalue weighted by molar-refractivity contribution is 5.98. The maximum Gasteiger partial charge on any atom is 0.255 e. The summed E-state index contributed by atoms with van der Waals surface area (Å²) >= 11 is 0. The topological polar surface area (TPSA) is 232 Å². The van der Waals surface area contributed by atoms with Crippen LogP contribution in [-0.4, -0.2) is 179 Å². The smallest absolute Gasteiger partial charge is 0.255 e. The second-order valence-electron chi connectivity index (χ2n) is 21.8.